The Morgan fingerprint density at radius 3 is 2.43 bits per heavy atom. The largest absolute Gasteiger partial charge is 0.491 e. The number of hydrogen-bond acceptors (Lipinski definition) is 3. The van der Waals surface area contributed by atoms with Crippen LogP contribution < -0.4 is 10.5 Å². The van der Waals surface area contributed by atoms with Crippen molar-refractivity contribution in [3.63, 3.8) is 0 Å². The van der Waals surface area contributed by atoms with Crippen LogP contribution in [0.15, 0.2) is 42.6 Å². The van der Waals surface area contributed by atoms with Gasteiger partial charge >= 0.3 is 0 Å². The minimum atomic E-state index is 0.175. The zero-order valence-electron chi connectivity index (χ0n) is 12.5. The molecule has 0 unspecified atom stereocenters. The summed E-state index contributed by atoms with van der Waals surface area (Å²) in [5, 5.41) is 0. The molecule has 0 atom stereocenters. The molecule has 3 aromatic rings. The summed E-state index contributed by atoms with van der Waals surface area (Å²) in [5.41, 5.74) is 10.5. The number of pyridine rings is 1. The van der Waals surface area contributed by atoms with E-state index in [0.717, 1.165) is 28.3 Å². The molecule has 0 bridgehead atoms. The molecule has 0 aliphatic carbocycles. The van der Waals surface area contributed by atoms with E-state index in [9.17, 15) is 0 Å². The number of anilines is 1. The monoisotopic (exact) mass is 281 g/mol. The zero-order chi connectivity index (χ0) is 15.0. The lowest BCUT2D eigenvalue weighted by Crippen LogP contribution is -2.05. The van der Waals surface area contributed by atoms with E-state index >= 15 is 0 Å². The molecule has 0 saturated heterocycles. The summed E-state index contributed by atoms with van der Waals surface area (Å²) in [4.78, 5) is 4.63. The van der Waals surface area contributed by atoms with E-state index in [1.54, 1.807) is 0 Å². The van der Waals surface area contributed by atoms with Crippen molar-refractivity contribution in [2.45, 2.75) is 26.9 Å². The van der Waals surface area contributed by atoms with Gasteiger partial charge < -0.3 is 14.9 Å². The second-order valence-electron chi connectivity index (χ2n) is 5.44. The highest BCUT2D eigenvalue weighted by molar-refractivity contribution is 5.71. The highest BCUT2D eigenvalue weighted by Crippen LogP contribution is 2.25. The average molecular weight is 281 g/mol. The van der Waals surface area contributed by atoms with Gasteiger partial charge in [0.15, 0.2) is 5.65 Å². The molecule has 0 aliphatic rings. The molecule has 0 spiro atoms. The molecule has 2 aromatic heterocycles. The van der Waals surface area contributed by atoms with E-state index in [4.69, 9.17) is 10.5 Å². The fraction of sp³-hybridized carbons (Fsp3) is 0.235. The number of fused-ring (bicyclic) bond motifs is 1. The Labute approximate surface area is 124 Å². The van der Waals surface area contributed by atoms with Crippen LogP contribution in [-0.4, -0.2) is 15.5 Å². The lowest BCUT2D eigenvalue weighted by molar-refractivity contribution is 0.242. The molecule has 0 saturated carbocycles. The minimum Gasteiger partial charge on any atom is -0.491 e. The third-order valence-corrected chi connectivity index (χ3v) is 3.37. The highest BCUT2D eigenvalue weighted by Gasteiger charge is 2.08. The quantitative estimate of drug-likeness (QED) is 0.796. The Balaban J connectivity index is 2.00. The van der Waals surface area contributed by atoms with E-state index < -0.39 is 0 Å². The molecule has 108 valence electrons. The topological polar surface area (TPSA) is 52.5 Å². The molecule has 0 aliphatic heterocycles. The van der Waals surface area contributed by atoms with Crippen molar-refractivity contribution in [2.75, 3.05) is 5.73 Å². The first-order chi connectivity index (χ1) is 10.0. The van der Waals surface area contributed by atoms with E-state index in [1.807, 2.05) is 67.8 Å². The average Bonchev–Trinajstić information content (AvgIpc) is 2.89. The van der Waals surface area contributed by atoms with Gasteiger partial charge in [0.2, 0.25) is 0 Å². The van der Waals surface area contributed by atoms with Crippen LogP contribution in [0.1, 0.15) is 19.5 Å². The molecule has 4 nitrogen and oxygen atoms in total. The first-order valence-corrected chi connectivity index (χ1v) is 7.06. The van der Waals surface area contributed by atoms with Gasteiger partial charge in [-0.25, -0.2) is 4.98 Å². The van der Waals surface area contributed by atoms with Crippen LogP contribution >= 0.6 is 0 Å². The highest BCUT2D eigenvalue weighted by atomic mass is 16.5. The Bertz CT molecular complexity index is 734. The van der Waals surface area contributed by atoms with Crippen LogP contribution in [0.5, 0.6) is 5.75 Å². The van der Waals surface area contributed by atoms with Crippen molar-refractivity contribution in [3.05, 3.63) is 48.3 Å². The number of nitrogen functional groups attached to an aromatic ring is 1. The van der Waals surface area contributed by atoms with Gasteiger partial charge in [0, 0.05) is 17.5 Å². The molecule has 2 heterocycles. The second kappa shape index (κ2) is 5.13. The van der Waals surface area contributed by atoms with Gasteiger partial charge in [-0.2, -0.15) is 0 Å². The van der Waals surface area contributed by atoms with Crippen LogP contribution in [0, 0.1) is 6.92 Å². The molecule has 3 rings (SSSR count). The van der Waals surface area contributed by atoms with Crippen molar-refractivity contribution in [1.82, 2.24) is 9.38 Å². The van der Waals surface area contributed by atoms with Crippen molar-refractivity contribution in [1.29, 1.82) is 0 Å². The molecule has 0 radical (unpaired) electrons. The predicted molar refractivity (Wildman–Crippen MR) is 85.5 cm³/mol. The van der Waals surface area contributed by atoms with E-state index in [2.05, 4.69) is 4.98 Å². The fourth-order valence-corrected chi connectivity index (χ4v) is 2.33. The smallest absolute Gasteiger partial charge is 0.160 e. The Kier molecular flexibility index (Phi) is 3.29. The number of ether oxygens (including phenoxy) is 1. The van der Waals surface area contributed by atoms with Gasteiger partial charge in [-0.1, -0.05) is 0 Å². The third kappa shape index (κ3) is 2.57. The summed E-state index contributed by atoms with van der Waals surface area (Å²) in [5.74, 6) is 0.869. The predicted octanol–water partition coefficient (Wildman–Crippen LogP) is 3.68. The number of nitrogens with two attached hydrogens (primary N) is 1. The molecular formula is C17H19N3O. The van der Waals surface area contributed by atoms with Crippen LogP contribution in [0.3, 0.4) is 0 Å². The first-order valence-electron chi connectivity index (χ1n) is 7.06. The molecule has 0 amide bonds. The van der Waals surface area contributed by atoms with E-state index in [1.165, 1.54) is 0 Å². The summed E-state index contributed by atoms with van der Waals surface area (Å²) < 4.78 is 7.67. The Morgan fingerprint density at radius 1 is 1.10 bits per heavy atom. The van der Waals surface area contributed by atoms with Crippen molar-refractivity contribution in [2.24, 2.45) is 0 Å². The molecular weight excluding hydrogens is 262 g/mol. The van der Waals surface area contributed by atoms with Crippen molar-refractivity contribution < 1.29 is 4.74 Å². The summed E-state index contributed by atoms with van der Waals surface area (Å²) >= 11 is 0. The number of nitrogens with zero attached hydrogens (tertiary/aromatic N) is 2. The van der Waals surface area contributed by atoms with Crippen LogP contribution in [0.4, 0.5) is 5.69 Å². The summed E-state index contributed by atoms with van der Waals surface area (Å²) in [6.07, 6.45) is 2.19. The maximum atomic E-state index is 5.99. The number of aryl methyl sites for hydroxylation is 1. The van der Waals surface area contributed by atoms with E-state index in [-0.39, 0.29) is 6.10 Å². The SMILES string of the molecule is Cc1ccc(N)c2nc(-c3ccc(OC(C)C)cc3)cn12. The second-order valence-corrected chi connectivity index (χ2v) is 5.44. The van der Waals surface area contributed by atoms with Gasteiger partial charge in [-0.3, -0.25) is 0 Å². The zero-order valence-corrected chi connectivity index (χ0v) is 12.5. The lowest BCUT2D eigenvalue weighted by Gasteiger charge is -2.09. The Hall–Kier alpha value is -2.49. The summed E-state index contributed by atoms with van der Waals surface area (Å²) in [7, 11) is 0. The molecule has 4 heteroatoms. The number of rotatable bonds is 3. The maximum Gasteiger partial charge on any atom is 0.160 e. The van der Waals surface area contributed by atoms with Crippen LogP contribution in [0.2, 0.25) is 0 Å². The van der Waals surface area contributed by atoms with Crippen molar-refractivity contribution in [3.8, 4) is 17.0 Å². The van der Waals surface area contributed by atoms with Gasteiger partial charge in [0.05, 0.1) is 17.5 Å². The fourth-order valence-electron chi connectivity index (χ4n) is 2.33. The van der Waals surface area contributed by atoms with Gasteiger partial charge in [0.1, 0.15) is 5.75 Å². The summed E-state index contributed by atoms with van der Waals surface area (Å²) in [6.45, 7) is 6.07. The van der Waals surface area contributed by atoms with Gasteiger partial charge in [0.25, 0.3) is 0 Å². The number of imidazole rings is 1. The molecule has 2 N–H and O–H groups in total. The van der Waals surface area contributed by atoms with Crippen molar-refractivity contribution >= 4 is 11.3 Å². The number of hydrogen-bond donors (Lipinski definition) is 1. The Morgan fingerprint density at radius 2 is 1.81 bits per heavy atom. The molecule has 1 aromatic carbocycles. The van der Waals surface area contributed by atoms with Gasteiger partial charge in [-0.15, -0.1) is 0 Å². The van der Waals surface area contributed by atoms with E-state index in [0.29, 0.717) is 5.69 Å². The third-order valence-electron chi connectivity index (χ3n) is 3.37. The normalized spacial score (nSPS) is 11.2. The minimum absolute atomic E-state index is 0.175. The molecule has 0 fully saturated rings. The van der Waals surface area contributed by atoms with Gasteiger partial charge in [-0.05, 0) is 57.2 Å². The number of benzene rings is 1. The number of aromatic nitrogens is 2. The first kappa shape index (κ1) is 13.5. The maximum absolute atomic E-state index is 5.99. The van der Waals surface area contributed by atoms with Crippen LogP contribution in [0.25, 0.3) is 16.9 Å². The summed E-state index contributed by atoms with van der Waals surface area (Å²) in [6, 6.07) is 11.9. The van der Waals surface area contributed by atoms with Crippen LogP contribution in [-0.2, 0) is 0 Å². The standard InChI is InChI=1S/C17H19N3O/c1-11(2)21-14-7-5-13(6-8-14)16-10-20-12(3)4-9-15(18)17(20)19-16/h4-11H,18H2,1-3H3. The molecule has 21 heavy (non-hydrogen) atoms. The lowest BCUT2D eigenvalue weighted by atomic mass is 10.1.